The van der Waals surface area contributed by atoms with Crippen LogP contribution in [0.15, 0.2) is 388 Å². The van der Waals surface area contributed by atoms with Gasteiger partial charge in [0.05, 0.1) is 28.4 Å². The molecule has 17 aromatic rings. The molecule has 21 rings (SSSR count). The molecule has 0 aliphatic carbocycles. The molecule has 8 heteroatoms. The van der Waals surface area contributed by atoms with E-state index in [4.69, 9.17) is 4.74 Å². The number of ether oxygens (including phenoxy) is 1. The molecule has 0 atom stereocenters. The van der Waals surface area contributed by atoms with E-state index in [1.54, 1.807) is 0 Å². The number of rotatable bonds is 14. The zero-order valence-electron chi connectivity index (χ0n) is 77.2. The van der Waals surface area contributed by atoms with E-state index in [0.717, 1.165) is 163 Å². The van der Waals surface area contributed by atoms with Crippen molar-refractivity contribution >= 4 is 132 Å². The first-order valence-corrected chi connectivity index (χ1v) is 46.2. The number of benzene rings is 17. The third kappa shape index (κ3) is 14.6. The van der Waals surface area contributed by atoms with E-state index in [2.05, 4.69) is 517 Å². The van der Waals surface area contributed by atoms with Gasteiger partial charge in [-0.1, -0.05) is 395 Å². The molecule has 0 saturated carbocycles. The van der Waals surface area contributed by atoms with Crippen molar-refractivity contribution in [2.75, 3.05) is 24.5 Å². The summed E-state index contributed by atoms with van der Waals surface area (Å²) in [5.41, 5.74) is 39.6. The van der Waals surface area contributed by atoms with E-state index in [1.807, 2.05) is 0 Å². The molecule has 0 radical (unpaired) electrons. The lowest BCUT2D eigenvalue weighted by Gasteiger charge is -2.47. The predicted molar refractivity (Wildman–Crippen MR) is 556 cm³/mol. The molecule has 0 aromatic heterocycles. The Labute approximate surface area is 769 Å². The minimum atomic E-state index is -0.362. The highest BCUT2D eigenvalue weighted by atomic mass is 16.5. The normalized spacial score (nSPS) is 13.2. The molecule has 0 unspecified atom stereocenters. The first-order chi connectivity index (χ1) is 62.7. The second kappa shape index (κ2) is 31.9. The maximum atomic E-state index is 7.85. The Kier molecular flexibility index (Phi) is 20.2. The third-order valence-corrected chi connectivity index (χ3v) is 27.3. The van der Waals surface area contributed by atoms with Crippen molar-refractivity contribution in [2.24, 2.45) is 0 Å². The topological polar surface area (TPSA) is 25.4 Å². The first-order valence-electron chi connectivity index (χ1n) is 46.2. The second-order valence-corrected chi connectivity index (χ2v) is 40.9. The van der Waals surface area contributed by atoms with Gasteiger partial charge in [-0.3, -0.25) is 0 Å². The average molecular weight is 1680 g/mol. The number of nitrogens with zero attached hydrogens (tertiary/aromatic N) is 5. The Morgan fingerprint density at radius 2 is 0.538 bits per heavy atom. The lowest BCUT2D eigenvalue weighted by atomic mass is 9.30. The van der Waals surface area contributed by atoms with Crippen LogP contribution in [-0.4, -0.2) is 13.4 Å². The fraction of sp³-hybridized carbons (Fsp3) is 0.164. The van der Waals surface area contributed by atoms with Crippen LogP contribution in [0.25, 0.3) is 55.6 Å². The lowest BCUT2D eigenvalue weighted by Crippen LogP contribution is -2.64. The zero-order valence-corrected chi connectivity index (χ0v) is 77.2. The highest BCUT2D eigenvalue weighted by molar-refractivity contribution is 7.02. The van der Waals surface area contributed by atoms with Crippen LogP contribution in [0.5, 0.6) is 11.5 Å². The molecule has 4 aliphatic heterocycles. The molecule has 634 valence electrons. The van der Waals surface area contributed by atoms with Crippen LogP contribution in [0.4, 0.5) is 85.3 Å². The van der Waals surface area contributed by atoms with E-state index in [-0.39, 0.29) is 40.5 Å². The van der Waals surface area contributed by atoms with E-state index in [1.165, 1.54) is 49.7 Å². The summed E-state index contributed by atoms with van der Waals surface area (Å²) in [6.45, 7) is 34.0. The van der Waals surface area contributed by atoms with Crippen molar-refractivity contribution in [2.45, 2.75) is 131 Å². The monoisotopic (exact) mass is 1680 g/mol. The Morgan fingerprint density at radius 3 is 0.962 bits per heavy atom. The van der Waals surface area contributed by atoms with Crippen LogP contribution >= 0.6 is 0 Å². The van der Waals surface area contributed by atoms with E-state index < -0.39 is 0 Å². The van der Waals surface area contributed by atoms with Gasteiger partial charge < -0.3 is 29.2 Å². The summed E-state index contributed by atoms with van der Waals surface area (Å²) in [5.74, 6) is 1.61. The molecular weight excluding hydrogens is 1570 g/mol. The van der Waals surface area contributed by atoms with Crippen molar-refractivity contribution in [3.63, 3.8) is 0 Å². The van der Waals surface area contributed by atoms with Crippen LogP contribution < -0.4 is 62.0 Å². The Balaban J connectivity index is 0.950. The average Bonchev–Trinajstić information content (AvgIpc) is 0.677. The molecular formula is C122H109B2N5O. The maximum absolute atomic E-state index is 7.85. The van der Waals surface area contributed by atoms with Crippen molar-refractivity contribution in [1.29, 1.82) is 0 Å². The number of hydrogen-bond acceptors (Lipinski definition) is 6. The van der Waals surface area contributed by atoms with E-state index in [0.29, 0.717) is 0 Å². The molecule has 6 nitrogen and oxygen atoms in total. The van der Waals surface area contributed by atoms with Crippen LogP contribution in [0.2, 0.25) is 0 Å². The zero-order chi connectivity index (χ0) is 89.4. The van der Waals surface area contributed by atoms with E-state index >= 15 is 0 Å². The minimum Gasteiger partial charge on any atom is -0.458 e. The van der Waals surface area contributed by atoms with Gasteiger partial charge in [0.2, 0.25) is 0 Å². The van der Waals surface area contributed by atoms with Gasteiger partial charge >= 0.3 is 0 Å². The SMILES string of the molecule is CC(C)(C)c1ccc(-c2ccccc2N(c2ccccc2)c2cc3c4c(c2)N(c2c(-c5ccc(C(C)(C)C)cc5)cccc2-c2ccc(C(C)(C)C)cc2)c2cc5c(cc2B4c2ccccc2O3)B2c3ccccc3N(c3ccccc3)c3cc(N(c4ccccc4)c4ccccc4)cc(c32)N5c2c(-c3ccc(C(C)(C)C)cc3)cccc2-c2ccc(C(C)(C)C)cc2)cc1. The minimum absolute atomic E-state index is 0.0386. The van der Waals surface area contributed by atoms with Crippen LogP contribution in [-0.2, 0) is 27.1 Å². The summed E-state index contributed by atoms with van der Waals surface area (Å²) in [4.78, 5) is 13.0. The van der Waals surface area contributed by atoms with Crippen LogP contribution in [0.3, 0.4) is 0 Å². The van der Waals surface area contributed by atoms with Crippen LogP contribution in [0.1, 0.15) is 132 Å². The van der Waals surface area contributed by atoms with E-state index in [9.17, 15) is 0 Å². The second-order valence-electron chi connectivity index (χ2n) is 40.9. The molecule has 4 aliphatic rings. The maximum Gasteiger partial charge on any atom is 0.256 e. The molecule has 130 heavy (non-hydrogen) atoms. The largest absolute Gasteiger partial charge is 0.458 e. The quantitative estimate of drug-likeness (QED) is 0.101. The predicted octanol–water partition coefficient (Wildman–Crippen LogP) is 29.9. The molecule has 0 bridgehead atoms. The Hall–Kier alpha value is -14.3. The summed E-state index contributed by atoms with van der Waals surface area (Å²) in [6.07, 6.45) is 0. The highest BCUT2D eigenvalue weighted by Crippen LogP contribution is 2.57. The molecule has 0 saturated heterocycles. The van der Waals surface area contributed by atoms with Crippen molar-refractivity contribution in [3.8, 4) is 67.1 Å². The van der Waals surface area contributed by atoms with Gasteiger partial charge in [0.1, 0.15) is 11.5 Å². The van der Waals surface area contributed by atoms with Crippen molar-refractivity contribution in [1.82, 2.24) is 0 Å². The fourth-order valence-electron chi connectivity index (χ4n) is 20.5. The summed E-state index contributed by atoms with van der Waals surface area (Å²) in [6, 6.07) is 148. The summed E-state index contributed by atoms with van der Waals surface area (Å²) in [7, 11) is 0. The summed E-state index contributed by atoms with van der Waals surface area (Å²) >= 11 is 0. The highest BCUT2D eigenvalue weighted by Gasteiger charge is 2.50. The van der Waals surface area contributed by atoms with Crippen molar-refractivity contribution in [3.05, 3.63) is 416 Å². The molecule has 0 fully saturated rings. The molecule has 17 aromatic carbocycles. The Bertz CT molecular complexity index is 6990. The molecule has 0 spiro atoms. The van der Waals surface area contributed by atoms with Gasteiger partial charge in [-0.2, -0.15) is 0 Å². The molecule has 0 N–H and O–H groups in total. The molecule has 0 amide bonds. The standard InChI is InChI=1S/C122H109B2N5O/c1-118(2,3)85-64-54-80(55-65-85)96-44-28-31-51-105(96)126(92-40-24-18-25-41-92)95-76-111-115-113(77-95)130-112-53-33-30-50-102(112)124(115)104-78-103-107(79-108(104)129(111)117-99(83-60-70-88(71-61-83)121(10,11)12)47-35-48-100(117)84-62-72-89(73-63-84)122(13,14)15)128(116-97(81-56-66-86(67-57-81)119(4,5)6)45-34-46-98(116)82-58-68-87(69-59-82)120(7,8)9)110-75-94(125(90-36-20-16-21-37-90)91-38-22-17-23-39-91)74-109-114(110)123(103)101-49-29-32-52-106(101)127(109)93-42-26-19-27-43-93/h16-79H,1-15H3. The molecule has 4 heterocycles. The number of hydrogen-bond donors (Lipinski definition) is 0. The lowest BCUT2D eigenvalue weighted by molar-refractivity contribution is 0.487. The number of fused-ring (bicyclic) bond motifs is 8. The summed E-state index contributed by atoms with van der Waals surface area (Å²) in [5, 5.41) is 0. The third-order valence-electron chi connectivity index (χ3n) is 27.3. The van der Waals surface area contributed by atoms with Gasteiger partial charge in [0.15, 0.2) is 0 Å². The van der Waals surface area contributed by atoms with Crippen molar-refractivity contribution < 1.29 is 4.74 Å². The number of para-hydroxylation sites is 9. The first kappa shape index (κ1) is 82.6. The Morgan fingerprint density at radius 1 is 0.215 bits per heavy atom. The smallest absolute Gasteiger partial charge is 0.256 e. The van der Waals surface area contributed by atoms with Crippen LogP contribution in [0, 0.1) is 0 Å². The van der Waals surface area contributed by atoms with Gasteiger partial charge in [-0.15, -0.1) is 0 Å². The number of anilines is 15. The summed E-state index contributed by atoms with van der Waals surface area (Å²) < 4.78 is 7.85. The van der Waals surface area contributed by atoms with Gasteiger partial charge in [0.25, 0.3) is 13.4 Å². The van der Waals surface area contributed by atoms with Gasteiger partial charge in [0, 0.05) is 90.8 Å². The van der Waals surface area contributed by atoms with Gasteiger partial charge in [-0.05, 0) is 206 Å². The van der Waals surface area contributed by atoms with Gasteiger partial charge in [-0.25, -0.2) is 0 Å². The fourth-order valence-corrected chi connectivity index (χ4v) is 20.5.